The number of benzene rings is 1. The summed E-state index contributed by atoms with van der Waals surface area (Å²) < 4.78 is 12.2. The SMILES string of the molecule is Cc1cc(NC(=O)CSc2nc3ccccc3c(=O)n2CCCOC(C)C)on1. The Labute approximate surface area is 172 Å². The molecule has 0 aliphatic carbocycles. The number of aryl methyl sites for hydroxylation is 1. The lowest BCUT2D eigenvalue weighted by molar-refractivity contribution is -0.113. The van der Waals surface area contributed by atoms with Crippen LogP contribution in [-0.2, 0) is 16.1 Å². The van der Waals surface area contributed by atoms with Crippen molar-refractivity contribution in [3.63, 3.8) is 0 Å². The number of amides is 1. The maximum absolute atomic E-state index is 13.0. The molecule has 29 heavy (non-hydrogen) atoms. The third-order valence-electron chi connectivity index (χ3n) is 4.03. The third-order valence-corrected chi connectivity index (χ3v) is 5.00. The van der Waals surface area contributed by atoms with Crippen molar-refractivity contribution in [3.05, 3.63) is 46.4 Å². The average Bonchev–Trinajstić information content (AvgIpc) is 3.09. The Morgan fingerprint density at radius 2 is 2.14 bits per heavy atom. The first-order valence-electron chi connectivity index (χ1n) is 9.41. The van der Waals surface area contributed by atoms with Gasteiger partial charge in [-0.05, 0) is 39.3 Å². The lowest BCUT2D eigenvalue weighted by Crippen LogP contribution is -2.25. The maximum Gasteiger partial charge on any atom is 0.262 e. The average molecular weight is 417 g/mol. The van der Waals surface area contributed by atoms with Crippen LogP contribution in [-0.4, -0.2) is 39.1 Å². The molecule has 2 aromatic heterocycles. The van der Waals surface area contributed by atoms with Crippen molar-refractivity contribution in [2.45, 2.75) is 45.0 Å². The fourth-order valence-electron chi connectivity index (χ4n) is 2.72. The minimum Gasteiger partial charge on any atom is -0.379 e. The van der Waals surface area contributed by atoms with E-state index in [1.165, 1.54) is 11.8 Å². The molecule has 0 aliphatic heterocycles. The molecular weight excluding hydrogens is 392 g/mol. The van der Waals surface area contributed by atoms with Crippen LogP contribution in [0.4, 0.5) is 5.88 Å². The summed E-state index contributed by atoms with van der Waals surface area (Å²) in [7, 11) is 0. The molecule has 1 amide bonds. The predicted molar refractivity (Wildman–Crippen MR) is 112 cm³/mol. The van der Waals surface area contributed by atoms with E-state index in [1.54, 1.807) is 29.7 Å². The highest BCUT2D eigenvalue weighted by Crippen LogP contribution is 2.19. The summed E-state index contributed by atoms with van der Waals surface area (Å²) in [5, 5.41) is 7.44. The number of nitrogens with one attached hydrogen (secondary N) is 1. The first-order chi connectivity index (χ1) is 13.9. The molecule has 3 aromatic rings. The smallest absolute Gasteiger partial charge is 0.262 e. The number of hydrogen-bond acceptors (Lipinski definition) is 7. The van der Waals surface area contributed by atoms with Crippen LogP contribution in [0.25, 0.3) is 10.9 Å². The number of fused-ring (bicyclic) bond motifs is 1. The lowest BCUT2D eigenvalue weighted by Gasteiger charge is -2.13. The molecule has 2 heterocycles. The second-order valence-electron chi connectivity index (χ2n) is 6.81. The summed E-state index contributed by atoms with van der Waals surface area (Å²) in [5.41, 5.74) is 1.18. The predicted octanol–water partition coefficient (Wildman–Crippen LogP) is 3.24. The fraction of sp³-hybridized carbons (Fsp3) is 0.400. The zero-order valence-electron chi connectivity index (χ0n) is 16.7. The number of rotatable bonds is 9. The van der Waals surface area contributed by atoms with Crippen LogP contribution in [0.2, 0.25) is 0 Å². The molecule has 0 spiro atoms. The van der Waals surface area contributed by atoms with Gasteiger partial charge in [0.05, 0.1) is 28.5 Å². The van der Waals surface area contributed by atoms with Gasteiger partial charge in [0.2, 0.25) is 11.8 Å². The molecule has 1 N–H and O–H groups in total. The molecule has 0 saturated carbocycles. The van der Waals surface area contributed by atoms with Gasteiger partial charge in [0.25, 0.3) is 5.56 Å². The van der Waals surface area contributed by atoms with Gasteiger partial charge in [-0.2, -0.15) is 0 Å². The summed E-state index contributed by atoms with van der Waals surface area (Å²) in [6.45, 7) is 6.73. The largest absolute Gasteiger partial charge is 0.379 e. The van der Waals surface area contributed by atoms with Crippen LogP contribution in [0.5, 0.6) is 0 Å². The summed E-state index contributed by atoms with van der Waals surface area (Å²) in [4.78, 5) is 29.8. The summed E-state index contributed by atoms with van der Waals surface area (Å²) in [6, 6.07) is 8.85. The minimum atomic E-state index is -0.261. The number of anilines is 1. The fourth-order valence-corrected chi connectivity index (χ4v) is 3.55. The van der Waals surface area contributed by atoms with Crippen LogP contribution >= 0.6 is 11.8 Å². The van der Waals surface area contributed by atoms with Crippen LogP contribution in [0, 0.1) is 6.92 Å². The minimum absolute atomic E-state index is 0.0903. The Balaban J connectivity index is 1.76. The zero-order valence-corrected chi connectivity index (χ0v) is 17.5. The Hall–Kier alpha value is -2.65. The first kappa shape index (κ1) is 21.1. The second-order valence-corrected chi connectivity index (χ2v) is 7.75. The molecule has 0 saturated heterocycles. The number of thioether (sulfide) groups is 1. The molecule has 0 bridgehead atoms. The van der Waals surface area contributed by atoms with Crippen molar-refractivity contribution in [2.24, 2.45) is 0 Å². The van der Waals surface area contributed by atoms with E-state index in [1.807, 2.05) is 26.0 Å². The van der Waals surface area contributed by atoms with Gasteiger partial charge in [-0.3, -0.25) is 19.5 Å². The number of hydrogen-bond donors (Lipinski definition) is 1. The summed E-state index contributed by atoms with van der Waals surface area (Å²) >= 11 is 1.21. The number of ether oxygens (including phenoxy) is 1. The van der Waals surface area contributed by atoms with E-state index in [0.29, 0.717) is 47.2 Å². The number of carbonyl (C=O) groups excluding carboxylic acids is 1. The van der Waals surface area contributed by atoms with Crippen molar-refractivity contribution < 1.29 is 14.1 Å². The molecule has 8 nitrogen and oxygen atoms in total. The molecule has 0 fully saturated rings. The molecule has 1 aromatic carbocycles. The second kappa shape index (κ2) is 9.71. The Morgan fingerprint density at radius 3 is 2.86 bits per heavy atom. The van der Waals surface area contributed by atoms with E-state index in [2.05, 4.69) is 15.5 Å². The molecule has 3 rings (SSSR count). The van der Waals surface area contributed by atoms with Crippen LogP contribution in [0.3, 0.4) is 0 Å². The highest BCUT2D eigenvalue weighted by atomic mass is 32.2. The first-order valence-corrected chi connectivity index (χ1v) is 10.4. The molecule has 0 unspecified atom stereocenters. The highest BCUT2D eigenvalue weighted by molar-refractivity contribution is 7.99. The van der Waals surface area contributed by atoms with Crippen LogP contribution < -0.4 is 10.9 Å². The zero-order chi connectivity index (χ0) is 20.8. The maximum atomic E-state index is 13.0. The standard InChI is InChI=1S/C20H24N4O4S/c1-13(2)27-10-6-9-24-19(26)15-7-4-5-8-16(15)21-20(24)29-12-17(25)22-18-11-14(3)23-28-18/h4-5,7-8,11,13H,6,9-10,12H2,1-3H3,(H,22,25). The van der Waals surface area contributed by atoms with Gasteiger partial charge in [-0.1, -0.05) is 29.1 Å². The Morgan fingerprint density at radius 1 is 1.34 bits per heavy atom. The third kappa shape index (κ3) is 5.68. The Bertz CT molecular complexity index is 1040. The molecule has 154 valence electrons. The van der Waals surface area contributed by atoms with Crippen LogP contribution in [0.1, 0.15) is 26.0 Å². The molecule has 9 heteroatoms. The molecule has 0 radical (unpaired) electrons. The van der Waals surface area contributed by atoms with Crippen molar-refractivity contribution in [1.82, 2.24) is 14.7 Å². The van der Waals surface area contributed by atoms with E-state index in [4.69, 9.17) is 9.26 Å². The van der Waals surface area contributed by atoms with Crippen molar-refractivity contribution >= 4 is 34.5 Å². The van der Waals surface area contributed by atoms with Gasteiger partial charge in [0.15, 0.2) is 5.16 Å². The van der Waals surface area contributed by atoms with Gasteiger partial charge < -0.3 is 9.26 Å². The Kier molecular flexibility index (Phi) is 7.05. The monoisotopic (exact) mass is 416 g/mol. The topological polar surface area (TPSA) is 99.2 Å². The van der Waals surface area contributed by atoms with Gasteiger partial charge >= 0.3 is 0 Å². The number of para-hydroxylation sites is 1. The van der Waals surface area contributed by atoms with E-state index in [-0.39, 0.29) is 23.3 Å². The molecule has 0 atom stereocenters. The lowest BCUT2D eigenvalue weighted by atomic mass is 10.2. The van der Waals surface area contributed by atoms with E-state index < -0.39 is 0 Å². The van der Waals surface area contributed by atoms with E-state index in [0.717, 1.165) is 0 Å². The van der Waals surface area contributed by atoms with Gasteiger partial charge in [0.1, 0.15) is 0 Å². The highest BCUT2D eigenvalue weighted by Gasteiger charge is 2.14. The van der Waals surface area contributed by atoms with E-state index >= 15 is 0 Å². The quantitative estimate of drug-likeness (QED) is 0.325. The van der Waals surface area contributed by atoms with E-state index in [9.17, 15) is 9.59 Å². The van der Waals surface area contributed by atoms with Crippen molar-refractivity contribution in [2.75, 3.05) is 17.7 Å². The number of nitrogens with zero attached hydrogens (tertiary/aromatic N) is 3. The normalized spacial score (nSPS) is 11.3. The molecular formula is C20H24N4O4S. The number of carbonyl (C=O) groups is 1. The van der Waals surface area contributed by atoms with Crippen molar-refractivity contribution in [1.29, 1.82) is 0 Å². The van der Waals surface area contributed by atoms with Gasteiger partial charge in [-0.15, -0.1) is 0 Å². The van der Waals surface area contributed by atoms with Gasteiger partial charge in [-0.25, -0.2) is 4.98 Å². The van der Waals surface area contributed by atoms with Crippen molar-refractivity contribution in [3.8, 4) is 0 Å². The number of aromatic nitrogens is 3. The summed E-state index contributed by atoms with van der Waals surface area (Å²) in [6.07, 6.45) is 0.814. The molecule has 0 aliphatic rings. The van der Waals surface area contributed by atoms with Gasteiger partial charge in [0, 0.05) is 19.2 Å². The van der Waals surface area contributed by atoms with Crippen LogP contribution in [0.15, 0.2) is 44.8 Å². The summed E-state index contributed by atoms with van der Waals surface area (Å²) in [5.74, 6) is 0.124.